The standard InChI is InChI=1S/C17H18BrFO2/c1-12-2-7-16(19)8-13(12)9-17(10-20,11-21)14-3-5-15(18)6-4-14/h2-8,20-21H,9-11H2,1H3. The summed E-state index contributed by atoms with van der Waals surface area (Å²) < 4.78 is 14.4. The number of halogens is 2. The number of hydrogen-bond donors (Lipinski definition) is 2. The maximum Gasteiger partial charge on any atom is 0.123 e. The monoisotopic (exact) mass is 352 g/mol. The molecular formula is C17H18BrFO2. The van der Waals surface area contributed by atoms with Gasteiger partial charge in [0.05, 0.1) is 13.2 Å². The van der Waals surface area contributed by atoms with E-state index in [1.807, 2.05) is 31.2 Å². The summed E-state index contributed by atoms with van der Waals surface area (Å²) in [6.45, 7) is 1.48. The van der Waals surface area contributed by atoms with Crippen molar-refractivity contribution < 1.29 is 14.6 Å². The minimum Gasteiger partial charge on any atom is -0.395 e. The van der Waals surface area contributed by atoms with Crippen LogP contribution in [0.2, 0.25) is 0 Å². The molecule has 2 N–H and O–H groups in total. The maximum absolute atomic E-state index is 13.5. The first-order chi connectivity index (χ1) is 10.0. The number of hydrogen-bond acceptors (Lipinski definition) is 2. The number of aliphatic hydroxyl groups excluding tert-OH is 2. The first kappa shape index (κ1) is 16.1. The average molecular weight is 353 g/mol. The lowest BCUT2D eigenvalue weighted by Crippen LogP contribution is -2.37. The fraction of sp³-hybridized carbons (Fsp3) is 0.294. The minimum absolute atomic E-state index is 0.207. The molecule has 112 valence electrons. The molecule has 4 heteroatoms. The van der Waals surface area contributed by atoms with Crippen molar-refractivity contribution in [1.82, 2.24) is 0 Å². The number of aryl methyl sites for hydroxylation is 1. The van der Waals surface area contributed by atoms with Crippen molar-refractivity contribution in [2.24, 2.45) is 0 Å². The predicted octanol–water partition coefficient (Wildman–Crippen LogP) is 3.36. The van der Waals surface area contributed by atoms with Crippen LogP contribution in [-0.2, 0) is 11.8 Å². The molecule has 0 spiro atoms. The van der Waals surface area contributed by atoms with Crippen LogP contribution in [0.4, 0.5) is 4.39 Å². The lowest BCUT2D eigenvalue weighted by Gasteiger charge is -2.31. The SMILES string of the molecule is Cc1ccc(F)cc1CC(CO)(CO)c1ccc(Br)cc1. The maximum atomic E-state index is 13.5. The zero-order chi connectivity index (χ0) is 15.5. The molecule has 0 fully saturated rings. The summed E-state index contributed by atoms with van der Waals surface area (Å²) in [6, 6.07) is 12.1. The van der Waals surface area contributed by atoms with E-state index in [4.69, 9.17) is 0 Å². The molecule has 0 saturated heterocycles. The Kier molecular flexibility index (Phi) is 5.14. The summed E-state index contributed by atoms with van der Waals surface area (Å²) in [5.74, 6) is -0.309. The highest BCUT2D eigenvalue weighted by Crippen LogP contribution is 2.30. The lowest BCUT2D eigenvalue weighted by atomic mass is 9.76. The zero-order valence-corrected chi connectivity index (χ0v) is 13.4. The minimum atomic E-state index is -0.820. The summed E-state index contributed by atoms with van der Waals surface area (Å²) >= 11 is 3.37. The normalized spacial score (nSPS) is 11.7. The van der Waals surface area contributed by atoms with Gasteiger partial charge < -0.3 is 10.2 Å². The summed E-state index contributed by atoms with van der Waals surface area (Å²) in [5.41, 5.74) is 1.75. The summed E-state index contributed by atoms with van der Waals surface area (Å²) in [5, 5.41) is 19.7. The van der Waals surface area contributed by atoms with E-state index in [1.165, 1.54) is 12.1 Å². The number of aliphatic hydroxyl groups is 2. The van der Waals surface area contributed by atoms with E-state index < -0.39 is 5.41 Å². The summed E-state index contributed by atoms with van der Waals surface area (Å²) in [4.78, 5) is 0. The third-order valence-corrected chi connectivity index (χ3v) is 4.43. The molecule has 0 aliphatic carbocycles. The van der Waals surface area contributed by atoms with Crippen LogP contribution in [-0.4, -0.2) is 23.4 Å². The van der Waals surface area contributed by atoms with Gasteiger partial charge in [0.15, 0.2) is 0 Å². The Morgan fingerprint density at radius 2 is 1.67 bits per heavy atom. The van der Waals surface area contributed by atoms with Crippen LogP contribution in [0.25, 0.3) is 0 Å². The van der Waals surface area contributed by atoms with E-state index in [0.29, 0.717) is 6.42 Å². The number of benzene rings is 2. The van der Waals surface area contributed by atoms with Gasteiger partial charge in [0, 0.05) is 9.89 Å². The molecular weight excluding hydrogens is 335 g/mol. The van der Waals surface area contributed by atoms with Gasteiger partial charge in [-0.15, -0.1) is 0 Å². The molecule has 21 heavy (non-hydrogen) atoms. The Labute approximate surface area is 132 Å². The molecule has 2 aromatic carbocycles. The van der Waals surface area contributed by atoms with Crippen LogP contribution in [0.1, 0.15) is 16.7 Å². The van der Waals surface area contributed by atoms with Crippen molar-refractivity contribution in [2.75, 3.05) is 13.2 Å². The van der Waals surface area contributed by atoms with Crippen molar-refractivity contribution >= 4 is 15.9 Å². The number of rotatable bonds is 5. The molecule has 0 bridgehead atoms. The summed E-state index contributed by atoms with van der Waals surface area (Å²) in [7, 11) is 0. The molecule has 2 rings (SSSR count). The molecule has 0 amide bonds. The third-order valence-electron chi connectivity index (χ3n) is 3.90. The Hall–Kier alpha value is -1.23. The van der Waals surface area contributed by atoms with E-state index in [-0.39, 0.29) is 19.0 Å². The smallest absolute Gasteiger partial charge is 0.123 e. The van der Waals surface area contributed by atoms with Crippen LogP contribution in [0.15, 0.2) is 46.9 Å². The molecule has 0 atom stereocenters. The van der Waals surface area contributed by atoms with Crippen molar-refractivity contribution in [1.29, 1.82) is 0 Å². The molecule has 0 saturated carbocycles. The molecule has 2 nitrogen and oxygen atoms in total. The van der Waals surface area contributed by atoms with E-state index in [0.717, 1.165) is 21.2 Å². The van der Waals surface area contributed by atoms with Crippen molar-refractivity contribution in [2.45, 2.75) is 18.8 Å². The Morgan fingerprint density at radius 1 is 1.05 bits per heavy atom. The highest BCUT2D eigenvalue weighted by molar-refractivity contribution is 9.10. The second kappa shape index (κ2) is 6.69. The first-order valence-corrected chi connectivity index (χ1v) is 7.53. The highest BCUT2D eigenvalue weighted by Gasteiger charge is 2.32. The van der Waals surface area contributed by atoms with Gasteiger partial charge in [-0.25, -0.2) is 4.39 Å². The van der Waals surface area contributed by atoms with Crippen molar-refractivity contribution in [3.05, 3.63) is 69.4 Å². The van der Waals surface area contributed by atoms with Crippen LogP contribution < -0.4 is 0 Å². The Morgan fingerprint density at radius 3 is 2.24 bits per heavy atom. The van der Waals surface area contributed by atoms with Gasteiger partial charge in [-0.2, -0.15) is 0 Å². The molecule has 0 radical (unpaired) electrons. The Bertz CT molecular complexity index is 607. The summed E-state index contributed by atoms with van der Waals surface area (Å²) in [6.07, 6.45) is 0.380. The van der Waals surface area contributed by atoms with Gasteiger partial charge >= 0.3 is 0 Å². The fourth-order valence-electron chi connectivity index (χ4n) is 2.44. The van der Waals surface area contributed by atoms with Gasteiger partial charge in [-0.05, 0) is 54.3 Å². The molecule has 0 aliphatic rings. The Balaban J connectivity index is 2.42. The zero-order valence-electron chi connectivity index (χ0n) is 11.8. The van der Waals surface area contributed by atoms with Crippen molar-refractivity contribution in [3.63, 3.8) is 0 Å². The van der Waals surface area contributed by atoms with Crippen molar-refractivity contribution in [3.8, 4) is 0 Å². The van der Waals surface area contributed by atoms with Crippen LogP contribution >= 0.6 is 15.9 Å². The molecule has 0 aromatic heterocycles. The highest BCUT2D eigenvalue weighted by atomic mass is 79.9. The quantitative estimate of drug-likeness (QED) is 0.866. The second-order valence-corrected chi connectivity index (χ2v) is 6.27. The van der Waals surface area contributed by atoms with E-state index >= 15 is 0 Å². The van der Waals surface area contributed by atoms with Crippen LogP contribution in [0, 0.1) is 12.7 Å². The molecule has 2 aromatic rings. The van der Waals surface area contributed by atoms with E-state index in [2.05, 4.69) is 15.9 Å². The fourth-order valence-corrected chi connectivity index (χ4v) is 2.71. The average Bonchev–Trinajstić information content (AvgIpc) is 2.49. The lowest BCUT2D eigenvalue weighted by molar-refractivity contribution is 0.116. The van der Waals surface area contributed by atoms with Gasteiger partial charge in [-0.3, -0.25) is 0 Å². The van der Waals surface area contributed by atoms with Crippen LogP contribution in [0.3, 0.4) is 0 Å². The molecule has 0 heterocycles. The van der Waals surface area contributed by atoms with Gasteiger partial charge in [0.1, 0.15) is 5.82 Å². The van der Waals surface area contributed by atoms with E-state index in [1.54, 1.807) is 6.07 Å². The van der Waals surface area contributed by atoms with Gasteiger partial charge in [-0.1, -0.05) is 34.1 Å². The molecule has 0 aliphatic heterocycles. The van der Waals surface area contributed by atoms with Crippen LogP contribution in [0.5, 0.6) is 0 Å². The second-order valence-electron chi connectivity index (χ2n) is 5.35. The van der Waals surface area contributed by atoms with Gasteiger partial charge in [0.25, 0.3) is 0 Å². The topological polar surface area (TPSA) is 40.5 Å². The molecule has 0 unspecified atom stereocenters. The first-order valence-electron chi connectivity index (χ1n) is 6.73. The van der Waals surface area contributed by atoms with Gasteiger partial charge in [0.2, 0.25) is 0 Å². The third kappa shape index (κ3) is 3.51. The largest absolute Gasteiger partial charge is 0.395 e. The van der Waals surface area contributed by atoms with E-state index in [9.17, 15) is 14.6 Å². The predicted molar refractivity (Wildman–Crippen MR) is 84.8 cm³/mol.